The number of Topliss-reactive ketones (excluding diaryl/α,β-unsaturated/α-hetero) is 1. The molecular formula is C18H27KN2O. The van der Waals surface area contributed by atoms with E-state index >= 15 is 0 Å². The molecule has 1 fully saturated rings. The molecule has 1 aliphatic rings. The smallest absolute Gasteiger partial charge is 0.339 e. The molecule has 1 saturated heterocycles. The Morgan fingerprint density at radius 1 is 1.09 bits per heavy atom. The predicted octanol–water partition coefficient (Wildman–Crippen LogP) is -0.275. The predicted molar refractivity (Wildman–Crippen MR) is 87.2 cm³/mol. The molecule has 0 spiro atoms. The Bertz CT molecular complexity index is 451. The van der Waals surface area contributed by atoms with Crippen LogP contribution in [0.1, 0.15) is 37.3 Å². The molecule has 0 amide bonds. The van der Waals surface area contributed by atoms with Gasteiger partial charge in [-0.2, -0.15) is 0 Å². The van der Waals surface area contributed by atoms with E-state index in [1.54, 1.807) is 0 Å². The van der Waals surface area contributed by atoms with Crippen molar-refractivity contribution in [2.24, 2.45) is 0 Å². The number of rotatable bonds is 6. The van der Waals surface area contributed by atoms with Crippen LogP contribution >= 0.6 is 0 Å². The van der Waals surface area contributed by atoms with Gasteiger partial charge in [0.05, 0.1) is 0 Å². The molecule has 0 saturated carbocycles. The Morgan fingerprint density at radius 3 is 2.14 bits per heavy atom. The first-order valence-corrected chi connectivity index (χ1v) is 7.93. The molecule has 2 rings (SSSR count). The monoisotopic (exact) mass is 326 g/mol. The zero-order chi connectivity index (χ0) is 15.2. The molecule has 0 bridgehead atoms. The average Bonchev–Trinajstić information content (AvgIpc) is 2.47. The van der Waals surface area contributed by atoms with Crippen molar-refractivity contribution in [1.29, 1.82) is 0 Å². The number of benzene rings is 1. The molecule has 22 heavy (non-hydrogen) atoms. The number of piperazine rings is 1. The summed E-state index contributed by atoms with van der Waals surface area (Å²) in [6, 6.07) is 9.00. The maximum Gasteiger partial charge on any atom is 1.00 e. The van der Waals surface area contributed by atoms with Crippen molar-refractivity contribution in [2.75, 3.05) is 32.7 Å². The normalized spacial score (nSPS) is 16.5. The van der Waals surface area contributed by atoms with Gasteiger partial charge >= 0.3 is 51.4 Å². The minimum atomic E-state index is 0. The molecular weight excluding hydrogens is 299 g/mol. The summed E-state index contributed by atoms with van der Waals surface area (Å²) in [5.74, 6) is 0.640. The number of carbonyl (C=O) groups is 1. The molecule has 3 nitrogen and oxygen atoms in total. The molecule has 0 radical (unpaired) electrons. The van der Waals surface area contributed by atoms with Gasteiger partial charge in [0.1, 0.15) is 0 Å². The molecule has 0 aliphatic carbocycles. The number of carbonyl (C=O) groups excluding carboxylic acids is 1. The second kappa shape index (κ2) is 10.2. The largest absolute Gasteiger partial charge is 1.00 e. The number of nitrogens with zero attached hydrogens (tertiary/aromatic N) is 2. The van der Waals surface area contributed by atoms with E-state index in [-0.39, 0.29) is 57.2 Å². The van der Waals surface area contributed by atoms with E-state index < -0.39 is 0 Å². The van der Waals surface area contributed by atoms with Crippen LogP contribution in [0, 0.1) is 6.92 Å². The van der Waals surface area contributed by atoms with Gasteiger partial charge in [-0.05, 0) is 29.2 Å². The Morgan fingerprint density at radius 2 is 1.64 bits per heavy atom. The topological polar surface area (TPSA) is 23.6 Å². The molecule has 1 heterocycles. The standard InChI is InChI=1S/C18H27N2O.K/c1-15(2)18-6-4-17(5-7-18)14-20-12-10-19(11-13-20)9-8-16(3)21;/h4-7,15H,3,8-14H2,1-2H3;/q-1;+1. The Balaban J connectivity index is 0.00000242. The Labute approximate surface area is 177 Å². The Hall–Kier alpha value is 0.316. The molecule has 0 aromatic heterocycles. The van der Waals surface area contributed by atoms with Crippen molar-refractivity contribution in [1.82, 2.24) is 9.80 Å². The maximum absolute atomic E-state index is 10.9. The summed E-state index contributed by atoms with van der Waals surface area (Å²) in [7, 11) is 0. The zero-order valence-corrected chi connectivity index (χ0v) is 17.5. The summed E-state index contributed by atoms with van der Waals surface area (Å²) in [6.07, 6.45) is 0.580. The summed E-state index contributed by atoms with van der Waals surface area (Å²) in [4.78, 5) is 15.8. The van der Waals surface area contributed by atoms with Crippen LogP contribution in [0.5, 0.6) is 0 Å². The van der Waals surface area contributed by atoms with E-state index in [1.807, 2.05) is 0 Å². The zero-order valence-electron chi connectivity index (χ0n) is 14.3. The van der Waals surface area contributed by atoms with Crippen LogP contribution in [0.2, 0.25) is 0 Å². The van der Waals surface area contributed by atoms with Gasteiger partial charge in [-0.1, -0.05) is 38.1 Å². The second-order valence-electron chi connectivity index (χ2n) is 6.30. The number of ketones is 1. The fraction of sp³-hybridized carbons (Fsp3) is 0.556. The maximum atomic E-state index is 10.9. The van der Waals surface area contributed by atoms with Gasteiger partial charge in [0.15, 0.2) is 0 Å². The van der Waals surface area contributed by atoms with Crippen molar-refractivity contribution in [3.05, 3.63) is 42.3 Å². The fourth-order valence-corrected chi connectivity index (χ4v) is 2.72. The van der Waals surface area contributed by atoms with E-state index in [2.05, 4.69) is 54.8 Å². The summed E-state index contributed by atoms with van der Waals surface area (Å²) < 4.78 is 0. The van der Waals surface area contributed by atoms with Crippen molar-refractivity contribution in [3.63, 3.8) is 0 Å². The van der Waals surface area contributed by atoms with E-state index in [4.69, 9.17) is 0 Å². The van der Waals surface area contributed by atoms with Gasteiger partial charge in [0, 0.05) is 39.3 Å². The van der Waals surface area contributed by atoms with E-state index in [1.165, 1.54) is 11.1 Å². The van der Waals surface area contributed by atoms with E-state index in [0.29, 0.717) is 12.3 Å². The number of hydrogen-bond donors (Lipinski definition) is 0. The molecule has 1 aliphatic heterocycles. The quantitative estimate of drug-likeness (QED) is 0.531. The second-order valence-corrected chi connectivity index (χ2v) is 6.30. The third kappa shape index (κ3) is 6.83. The summed E-state index contributed by atoms with van der Waals surface area (Å²) >= 11 is 0. The van der Waals surface area contributed by atoms with Gasteiger partial charge in [-0.3, -0.25) is 4.90 Å². The summed E-state index contributed by atoms with van der Waals surface area (Å²) in [5.41, 5.74) is 2.79. The minimum absolute atomic E-state index is 0. The molecule has 116 valence electrons. The molecule has 1 aromatic carbocycles. The molecule has 1 aromatic rings. The van der Waals surface area contributed by atoms with Crippen molar-refractivity contribution < 1.29 is 56.2 Å². The third-order valence-corrected chi connectivity index (χ3v) is 4.22. The SMILES string of the molecule is [CH2-]C(=O)CCN1CCN(Cc2ccc(C(C)C)cc2)CC1.[K+]. The van der Waals surface area contributed by atoms with Crippen LogP contribution in [-0.2, 0) is 11.3 Å². The molecule has 0 unspecified atom stereocenters. The van der Waals surface area contributed by atoms with Gasteiger partial charge in [0.2, 0.25) is 0 Å². The van der Waals surface area contributed by atoms with E-state index in [9.17, 15) is 4.79 Å². The summed E-state index contributed by atoms with van der Waals surface area (Å²) in [5, 5.41) is 0. The van der Waals surface area contributed by atoms with E-state index in [0.717, 1.165) is 39.3 Å². The molecule has 4 heteroatoms. The fourth-order valence-electron chi connectivity index (χ4n) is 2.72. The van der Waals surface area contributed by atoms with Crippen LogP contribution in [0.25, 0.3) is 0 Å². The van der Waals surface area contributed by atoms with Gasteiger partial charge in [-0.25, -0.2) is 0 Å². The Kier molecular flexibility index (Phi) is 9.47. The molecule has 0 N–H and O–H groups in total. The minimum Gasteiger partial charge on any atom is -0.339 e. The van der Waals surface area contributed by atoms with Crippen LogP contribution in [0.3, 0.4) is 0 Å². The number of hydrogen-bond acceptors (Lipinski definition) is 3. The summed E-state index contributed by atoms with van der Waals surface area (Å²) in [6.45, 7) is 14.0. The van der Waals surface area contributed by atoms with Crippen molar-refractivity contribution >= 4 is 5.78 Å². The van der Waals surface area contributed by atoms with Crippen LogP contribution in [-0.4, -0.2) is 48.3 Å². The van der Waals surface area contributed by atoms with Crippen LogP contribution < -0.4 is 51.4 Å². The van der Waals surface area contributed by atoms with Crippen LogP contribution in [0.15, 0.2) is 24.3 Å². The van der Waals surface area contributed by atoms with Gasteiger partial charge in [-0.15, -0.1) is 0 Å². The average molecular weight is 327 g/mol. The third-order valence-electron chi connectivity index (χ3n) is 4.22. The van der Waals surface area contributed by atoms with Crippen molar-refractivity contribution in [3.8, 4) is 0 Å². The van der Waals surface area contributed by atoms with Gasteiger partial charge in [0.25, 0.3) is 0 Å². The first-order valence-electron chi connectivity index (χ1n) is 7.93. The van der Waals surface area contributed by atoms with Gasteiger partial charge < -0.3 is 16.6 Å². The first kappa shape index (κ1) is 20.4. The van der Waals surface area contributed by atoms with Crippen LogP contribution in [0.4, 0.5) is 0 Å². The molecule has 0 atom stereocenters. The van der Waals surface area contributed by atoms with Crippen molar-refractivity contribution in [2.45, 2.75) is 32.7 Å². The first-order chi connectivity index (χ1) is 10.0.